The minimum atomic E-state index is -0.810. The first-order valence-corrected chi connectivity index (χ1v) is 5.98. The minimum Gasteiger partial charge on any atom is -0.387 e. The van der Waals surface area contributed by atoms with Crippen LogP contribution in [0.4, 0.5) is 0 Å². The number of nitrogens with zero attached hydrogens (tertiary/aromatic N) is 1. The van der Waals surface area contributed by atoms with E-state index in [2.05, 4.69) is 6.07 Å². The Kier molecular flexibility index (Phi) is 3.68. The molecule has 17 heavy (non-hydrogen) atoms. The number of ether oxygens (including phenoxy) is 1. The second kappa shape index (κ2) is 5.05. The van der Waals surface area contributed by atoms with E-state index in [0.717, 1.165) is 0 Å². The molecule has 1 aromatic rings. The van der Waals surface area contributed by atoms with Gasteiger partial charge in [0.25, 0.3) is 0 Å². The van der Waals surface area contributed by atoms with E-state index in [1.807, 2.05) is 0 Å². The van der Waals surface area contributed by atoms with Crippen LogP contribution in [0.25, 0.3) is 0 Å². The predicted octanol–water partition coefficient (Wildman–Crippen LogP) is 2.69. The zero-order valence-corrected chi connectivity index (χ0v) is 10.2. The molecule has 0 spiro atoms. The SMILES string of the molecule is N#CC1(C(O)c2cccc(Cl)c2)CCOCC1. The van der Waals surface area contributed by atoms with E-state index in [1.165, 1.54) is 0 Å². The van der Waals surface area contributed by atoms with Gasteiger partial charge in [0.1, 0.15) is 0 Å². The minimum absolute atomic E-state index is 0.519. The largest absolute Gasteiger partial charge is 0.387 e. The number of halogens is 1. The molecule has 1 N–H and O–H groups in total. The van der Waals surface area contributed by atoms with Gasteiger partial charge in [-0.15, -0.1) is 0 Å². The number of hydrogen-bond acceptors (Lipinski definition) is 3. The molecule has 0 aliphatic carbocycles. The molecule has 1 aliphatic rings. The van der Waals surface area contributed by atoms with E-state index >= 15 is 0 Å². The van der Waals surface area contributed by atoms with Crippen LogP contribution in [0.2, 0.25) is 5.02 Å². The number of aliphatic hydroxyl groups excluding tert-OH is 1. The molecule has 0 radical (unpaired) electrons. The maximum atomic E-state index is 10.4. The molecule has 0 aromatic heterocycles. The third-order valence-electron chi connectivity index (χ3n) is 3.30. The predicted molar refractivity (Wildman–Crippen MR) is 64.5 cm³/mol. The number of rotatable bonds is 2. The smallest absolute Gasteiger partial charge is 0.0978 e. The summed E-state index contributed by atoms with van der Waals surface area (Å²) in [5, 5.41) is 20.3. The first kappa shape index (κ1) is 12.4. The number of benzene rings is 1. The lowest BCUT2D eigenvalue weighted by atomic mass is 9.74. The molecule has 3 nitrogen and oxygen atoms in total. The lowest BCUT2D eigenvalue weighted by Crippen LogP contribution is -2.34. The topological polar surface area (TPSA) is 53.2 Å². The van der Waals surface area contributed by atoms with Gasteiger partial charge in [-0.05, 0) is 30.5 Å². The summed E-state index contributed by atoms with van der Waals surface area (Å²) in [6, 6.07) is 9.30. The Bertz CT molecular complexity index is 435. The molecule has 90 valence electrons. The molecule has 0 bridgehead atoms. The summed E-state index contributed by atoms with van der Waals surface area (Å²) in [6.07, 6.45) is 0.295. The van der Waals surface area contributed by atoms with Crippen LogP contribution in [-0.2, 0) is 4.74 Å². The Balaban J connectivity index is 2.29. The molecule has 1 atom stereocenters. The molecule has 1 aliphatic heterocycles. The van der Waals surface area contributed by atoms with Crippen molar-refractivity contribution < 1.29 is 9.84 Å². The first-order chi connectivity index (χ1) is 8.18. The van der Waals surface area contributed by atoms with Gasteiger partial charge in [0, 0.05) is 18.2 Å². The fourth-order valence-corrected chi connectivity index (χ4v) is 2.38. The molecule has 2 rings (SSSR count). The number of hydrogen-bond donors (Lipinski definition) is 1. The molecule has 1 fully saturated rings. The average Bonchev–Trinajstić information content (AvgIpc) is 2.38. The molecular formula is C13H14ClNO2. The highest BCUT2D eigenvalue weighted by Gasteiger charge is 2.40. The van der Waals surface area contributed by atoms with E-state index in [0.29, 0.717) is 36.6 Å². The van der Waals surface area contributed by atoms with Crippen LogP contribution < -0.4 is 0 Å². The van der Waals surface area contributed by atoms with Gasteiger partial charge >= 0.3 is 0 Å². The summed E-state index contributed by atoms with van der Waals surface area (Å²) in [5.41, 5.74) is -0.0518. The monoisotopic (exact) mass is 251 g/mol. The van der Waals surface area contributed by atoms with E-state index in [4.69, 9.17) is 16.3 Å². The van der Waals surface area contributed by atoms with E-state index in [9.17, 15) is 10.4 Å². The molecule has 1 aromatic carbocycles. The second-order valence-corrected chi connectivity index (χ2v) is 4.77. The highest BCUT2D eigenvalue weighted by Crippen LogP contribution is 2.42. The van der Waals surface area contributed by atoms with Crippen molar-refractivity contribution in [3.8, 4) is 6.07 Å². The van der Waals surface area contributed by atoms with Crippen LogP contribution in [-0.4, -0.2) is 18.3 Å². The van der Waals surface area contributed by atoms with Crippen molar-refractivity contribution in [2.75, 3.05) is 13.2 Å². The second-order valence-electron chi connectivity index (χ2n) is 4.34. The van der Waals surface area contributed by atoms with Crippen molar-refractivity contribution in [1.29, 1.82) is 5.26 Å². The van der Waals surface area contributed by atoms with Gasteiger partial charge in [-0.25, -0.2) is 0 Å². The fourth-order valence-electron chi connectivity index (χ4n) is 2.18. The summed E-state index contributed by atoms with van der Waals surface area (Å²) < 4.78 is 5.25. The Labute approximate surface area is 106 Å². The van der Waals surface area contributed by atoms with Crippen LogP contribution in [0.5, 0.6) is 0 Å². The van der Waals surface area contributed by atoms with Crippen molar-refractivity contribution in [2.24, 2.45) is 5.41 Å². The van der Waals surface area contributed by atoms with Gasteiger partial charge in [0.2, 0.25) is 0 Å². The quantitative estimate of drug-likeness (QED) is 0.879. The van der Waals surface area contributed by atoms with Gasteiger partial charge in [-0.1, -0.05) is 23.7 Å². The fraction of sp³-hybridized carbons (Fsp3) is 0.462. The lowest BCUT2D eigenvalue weighted by Gasteiger charge is -2.35. The van der Waals surface area contributed by atoms with Crippen molar-refractivity contribution in [2.45, 2.75) is 18.9 Å². The van der Waals surface area contributed by atoms with Gasteiger partial charge in [-0.2, -0.15) is 5.26 Å². The van der Waals surface area contributed by atoms with Crippen LogP contribution in [0.3, 0.4) is 0 Å². The van der Waals surface area contributed by atoms with Gasteiger partial charge in [0.05, 0.1) is 17.6 Å². The number of aliphatic hydroxyl groups is 1. The molecule has 0 amide bonds. The summed E-state index contributed by atoms with van der Waals surface area (Å²) >= 11 is 5.90. The van der Waals surface area contributed by atoms with Crippen LogP contribution in [0, 0.1) is 16.7 Å². The maximum absolute atomic E-state index is 10.4. The molecule has 1 saturated heterocycles. The molecule has 4 heteroatoms. The molecule has 1 heterocycles. The van der Waals surface area contributed by atoms with Crippen LogP contribution in [0.15, 0.2) is 24.3 Å². The summed E-state index contributed by atoms with van der Waals surface area (Å²) in [4.78, 5) is 0. The van der Waals surface area contributed by atoms with Gasteiger partial charge < -0.3 is 9.84 Å². The zero-order chi connectivity index (χ0) is 12.3. The normalized spacial score (nSPS) is 20.5. The number of nitriles is 1. The Morgan fingerprint density at radius 2 is 2.12 bits per heavy atom. The first-order valence-electron chi connectivity index (χ1n) is 5.60. The molecule has 1 unspecified atom stereocenters. The highest BCUT2D eigenvalue weighted by molar-refractivity contribution is 6.30. The van der Waals surface area contributed by atoms with Crippen LogP contribution >= 0.6 is 11.6 Å². The van der Waals surface area contributed by atoms with E-state index in [1.54, 1.807) is 24.3 Å². The van der Waals surface area contributed by atoms with Crippen molar-refractivity contribution in [1.82, 2.24) is 0 Å². The van der Waals surface area contributed by atoms with Gasteiger partial charge in [0.15, 0.2) is 0 Å². The van der Waals surface area contributed by atoms with Crippen molar-refractivity contribution in [3.63, 3.8) is 0 Å². The Hall–Kier alpha value is -1.08. The third kappa shape index (κ3) is 2.44. The Morgan fingerprint density at radius 3 is 2.71 bits per heavy atom. The third-order valence-corrected chi connectivity index (χ3v) is 3.53. The average molecular weight is 252 g/mol. The van der Waals surface area contributed by atoms with Crippen molar-refractivity contribution >= 4 is 11.6 Å². The summed E-state index contributed by atoms with van der Waals surface area (Å²) in [6.45, 7) is 1.04. The Morgan fingerprint density at radius 1 is 1.41 bits per heavy atom. The highest BCUT2D eigenvalue weighted by atomic mass is 35.5. The molecule has 0 saturated carbocycles. The van der Waals surface area contributed by atoms with Crippen LogP contribution in [0.1, 0.15) is 24.5 Å². The standard InChI is InChI=1S/C13H14ClNO2/c14-11-3-1-2-10(8-11)12(16)13(9-15)4-6-17-7-5-13/h1-3,8,12,16H,4-7H2. The summed E-state index contributed by atoms with van der Waals surface area (Å²) in [5.74, 6) is 0. The maximum Gasteiger partial charge on any atom is 0.0978 e. The van der Waals surface area contributed by atoms with Gasteiger partial charge in [-0.3, -0.25) is 0 Å². The zero-order valence-electron chi connectivity index (χ0n) is 9.40. The lowest BCUT2D eigenvalue weighted by molar-refractivity contribution is -0.0310. The van der Waals surface area contributed by atoms with Crippen molar-refractivity contribution in [3.05, 3.63) is 34.9 Å². The van der Waals surface area contributed by atoms with E-state index in [-0.39, 0.29) is 0 Å². The van der Waals surface area contributed by atoms with E-state index < -0.39 is 11.5 Å². The summed E-state index contributed by atoms with van der Waals surface area (Å²) in [7, 11) is 0. The molecular weight excluding hydrogens is 238 g/mol.